The molecule has 3 rings (SSSR count). The predicted molar refractivity (Wildman–Crippen MR) is 88.8 cm³/mol. The Morgan fingerprint density at radius 2 is 2.12 bits per heavy atom. The van der Waals surface area contributed by atoms with E-state index in [0.29, 0.717) is 18.8 Å². The number of aliphatic carboxylic acids is 1. The number of amides is 1. The number of hydrogen-bond donors (Lipinski definition) is 1. The van der Waals surface area contributed by atoms with Gasteiger partial charge in [0.2, 0.25) is 0 Å². The Hall–Kier alpha value is -1.89. The van der Waals surface area contributed by atoms with E-state index in [-0.39, 0.29) is 18.4 Å². The van der Waals surface area contributed by atoms with Crippen LogP contribution in [-0.2, 0) is 18.3 Å². The van der Waals surface area contributed by atoms with Crippen molar-refractivity contribution < 1.29 is 14.7 Å². The third-order valence-corrected chi connectivity index (χ3v) is 5.48. The lowest BCUT2D eigenvalue weighted by Gasteiger charge is -2.39. The summed E-state index contributed by atoms with van der Waals surface area (Å²) in [6.45, 7) is 4.27. The number of carboxylic acid groups (broad SMARTS) is 1. The maximum Gasteiger partial charge on any atom is 0.313 e. The van der Waals surface area contributed by atoms with E-state index < -0.39 is 11.4 Å². The second-order valence-electron chi connectivity index (χ2n) is 7.26. The first-order valence-electron chi connectivity index (χ1n) is 8.61. The molecule has 3 heterocycles. The Balaban J connectivity index is 1.83. The summed E-state index contributed by atoms with van der Waals surface area (Å²) in [5.41, 5.74) is 0.617. The summed E-state index contributed by atoms with van der Waals surface area (Å²) in [6.07, 6.45) is 2.64. The number of fused-ring (bicyclic) bond motifs is 1. The van der Waals surface area contributed by atoms with E-state index >= 15 is 0 Å². The number of aryl methyl sites for hydroxylation is 2. The van der Waals surface area contributed by atoms with Gasteiger partial charge in [0.25, 0.3) is 5.91 Å². The van der Waals surface area contributed by atoms with Crippen LogP contribution >= 0.6 is 0 Å². The fourth-order valence-electron chi connectivity index (χ4n) is 4.19. The maximum absolute atomic E-state index is 12.9. The first-order chi connectivity index (χ1) is 11.4. The molecule has 0 aromatic carbocycles. The van der Waals surface area contributed by atoms with Gasteiger partial charge in [-0.2, -0.15) is 5.10 Å². The molecule has 24 heavy (non-hydrogen) atoms. The normalized spacial score (nSPS) is 27.3. The topological polar surface area (TPSA) is 78.7 Å². The van der Waals surface area contributed by atoms with Crippen LogP contribution in [-0.4, -0.2) is 69.8 Å². The smallest absolute Gasteiger partial charge is 0.313 e. The monoisotopic (exact) mass is 334 g/mol. The molecule has 0 spiro atoms. The van der Waals surface area contributed by atoms with Gasteiger partial charge in [0, 0.05) is 26.7 Å². The predicted octanol–water partition coefficient (Wildman–Crippen LogP) is 0.851. The second-order valence-corrected chi connectivity index (χ2v) is 7.26. The molecule has 1 N–H and O–H groups in total. The van der Waals surface area contributed by atoms with Gasteiger partial charge in [0.1, 0.15) is 11.1 Å². The molecule has 2 fully saturated rings. The van der Waals surface area contributed by atoms with Crippen LogP contribution in [0.25, 0.3) is 0 Å². The summed E-state index contributed by atoms with van der Waals surface area (Å²) in [5.74, 6) is -0.866. The highest BCUT2D eigenvalue weighted by Crippen LogP contribution is 2.42. The van der Waals surface area contributed by atoms with Crippen LogP contribution in [0.5, 0.6) is 0 Å². The number of carboxylic acids is 1. The van der Waals surface area contributed by atoms with Crippen LogP contribution in [0.4, 0.5) is 0 Å². The Labute approximate surface area is 142 Å². The van der Waals surface area contributed by atoms with E-state index in [1.807, 2.05) is 13.1 Å². The fraction of sp³-hybridized carbons (Fsp3) is 0.706. The number of aromatic nitrogens is 2. The summed E-state index contributed by atoms with van der Waals surface area (Å²) in [4.78, 5) is 28.7. The molecule has 1 aromatic heterocycles. The molecule has 2 atom stereocenters. The number of likely N-dealkylation sites (tertiary alicyclic amines) is 2. The zero-order valence-corrected chi connectivity index (χ0v) is 14.7. The molecule has 2 aliphatic heterocycles. The van der Waals surface area contributed by atoms with Gasteiger partial charge in [-0.1, -0.05) is 13.3 Å². The molecule has 0 aliphatic carbocycles. The van der Waals surface area contributed by atoms with Crippen LogP contribution in [0.3, 0.4) is 0 Å². The first-order valence-corrected chi connectivity index (χ1v) is 8.61. The SMILES string of the molecule is CCCc1cc(C(=O)N2C[C@@H]3CCN(C)C[C@]3(C(=O)O)C2)n(C)n1. The number of hydrogen-bond acceptors (Lipinski definition) is 4. The van der Waals surface area contributed by atoms with E-state index in [1.54, 1.807) is 16.6 Å². The average molecular weight is 334 g/mol. The standard InChI is InChI=1S/C17H26N4O3/c1-4-5-13-8-14(20(3)18-13)15(22)21-9-12-6-7-19(2)10-17(12,11-21)16(23)24/h8,12H,4-7,9-11H2,1-3H3,(H,23,24)/t12-,17-/m0/s1. The van der Waals surface area contributed by atoms with E-state index in [0.717, 1.165) is 31.5 Å². The zero-order chi connectivity index (χ0) is 17.5. The van der Waals surface area contributed by atoms with Gasteiger partial charge in [0.15, 0.2) is 0 Å². The molecular weight excluding hydrogens is 308 g/mol. The molecule has 1 amide bonds. The summed E-state index contributed by atoms with van der Waals surface area (Å²) in [5, 5.41) is 14.2. The van der Waals surface area contributed by atoms with Crippen molar-refractivity contribution in [3.05, 3.63) is 17.5 Å². The highest BCUT2D eigenvalue weighted by molar-refractivity contribution is 5.93. The molecule has 7 nitrogen and oxygen atoms in total. The summed E-state index contributed by atoms with van der Waals surface area (Å²) < 4.78 is 1.62. The minimum absolute atomic E-state index is 0.0264. The number of carbonyl (C=O) groups excluding carboxylic acids is 1. The Morgan fingerprint density at radius 3 is 2.79 bits per heavy atom. The molecule has 1 aromatic rings. The van der Waals surface area contributed by atoms with E-state index in [2.05, 4.69) is 16.9 Å². The minimum Gasteiger partial charge on any atom is -0.481 e. The lowest BCUT2D eigenvalue weighted by atomic mass is 9.73. The quantitative estimate of drug-likeness (QED) is 0.883. The van der Waals surface area contributed by atoms with Crippen molar-refractivity contribution in [1.29, 1.82) is 0 Å². The Kier molecular flexibility index (Phi) is 4.38. The molecule has 2 saturated heterocycles. The average Bonchev–Trinajstić information content (AvgIpc) is 3.08. The largest absolute Gasteiger partial charge is 0.481 e. The molecule has 0 saturated carbocycles. The number of piperidine rings is 1. The molecule has 132 valence electrons. The first kappa shape index (κ1) is 17.0. The van der Waals surface area contributed by atoms with Gasteiger partial charge in [-0.15, -0.1) is 0 Å². The van der Waals surface area contributed by atoms with Crippen LogP contribution in [0.15, 0.2) is 6.07 Å². The number of rotatable bonds is 4. The lowest BCUT2D eigenvalue weighted by Crippen LogP contribution is -2.52. The third-order valence-electron chi connectivity index (χ3n) is 5.48. The van der Waals surface area contributed by atoms with Gasteiger partial charge < -0.3 is 14.9 Å². The highest BCUT2D eigenvalue weighted by Gasteiger charge is 2.55. The number of carbonyl (C=O) groups is 2. The maximum atomic E-state index is 12.9. The summed E-state index contributed by atoms with van der Waals surface area (Å²) in [6, 6.07) is 1.84. The van der Waals surface area contributed by atoms with Crippen molar-refractivity contribution in [3.63, 3.8) is 0 Å². The van der Waals surface area contributed by atoms with Crippen LogP contribution in [0.1, 0.15) is 35.9 Å². The highest BCUT2D eigenvalue weighted by atomic mass is 16.4. The molecule has 2 aliphatic rings. The van der Waals surface area contributed by atoms with E-state index in [1.165, 1.54) is 0 Å². The molecule has 0 unspecified atom stereocenters. The summed E-state index contributed by atoms with van der Waals surface area (Å²) >= 11 is 0. The van der Waals surface area contributed by atoms with Crippen LogP contribution in [0, 0.1) is 11.3 Å². The van der Waals surface area contributed by atoms with Crippen molar-refractivity contribution >= 4 is 11.9 Å². The van der Waals surface area contributed by atoms with Crippen LogP contribution < -0.4 is 0 Å². The Morgan fingerprint density at radius 1 is 1.38 bits per heavy atom. The van der Waals surface area contributed by atoms with Crippen molar-refractivity contribution in [3.8, 4) is 0 Å². The van der Waals surface area contributed by atoms with Crippen LogP contribution in [0.2, 0.25) is 0 Å². The van der Waals surface area contributed by atoms with Crippen molar-refractivity contribution in [2.45, 2.75) is 26.2 Å². The van der Waals surface area contributed by atoms with Gasteiger partial charge in [0.05, 0.1) is 5.69 Å². The van der Waals surface area contributed by atoms with Crippen molar-refractivity contribution in [1.82, 2.24) is 19.6 Å². The van der Waals surface area contributed by atoms with E-state index in [4.69, 9.17) is 0 Å². The molecule has 7 heteroatoms. The molecule has 0 radical (unpaired) electrons. The van der Waals surface area contributed by atoms with Gasteiger partial charge in [-0.25, -0.2) is 0 Å². The Bertz CT molecular complexity index is 656. The third kappa shape index (κ3) is 2.70. The summed E-state index contributed by atoms with van der Waals surface area (Å²) in [7, 11) is 3.72. The van der Waals surface area contributed by atoms with Gasteiger partial charge in [-0.3, -0.25) is 14.3 Å². The van der Waals surface area contributed by atoms with Gasteiger partial charge in [-0.05, 0) is 38.4 Å². The minimum atomic E-state index is -0.840. The lowest BCUT2D eigenvalue weighted by molar-refractivity contribution is -0.153. The number of nitrogens with zero attached hydrogens (tertiary/aromatic N) is 4. The molecule has 0 bridgehead atoms. The van der Waals surface area contributed by atoms with E-state index in [9.17, 15) is 14.7 Å². The second kappa shape index (κ2) is 6.20. The van der Waals surface area contributed by atoms with Crippen molar-refractivity contribution in [2.75, 3.05) is 33.2 Å². The molecular formula is C17H26N4O3. The van der Waals surface area contributed by atoms with Gasteiger partial charge >= 0.3 is 5.97 Å². The fourth-order valence-corrected chi connectivity index (χ4v) is 4.19. The van der Waals surface area contributed by atoms with Crippen molar-refractivity contribution in [2.24, 2.45) is 18.4 Å². The zero-order valence-electron chi connectivity index (χ0n) is 14.7.